The molecule has 5 amide bonds. The zero-order chi connectivity index (χ0) is 23.9. The highest BCUT2D eigenvalue weighted by Crippen LogP contribution is 2.33. The molecule has 10 nitrogen and oxygen atoms in total. The van der Waals surface area contributed by atoms with Crippen molar-refractivity contribution in [1.29, 1.82) is 0 Å². The normalized spacial score (nSPS) is 21.1. The Hall–Kier alpha value is -2.01. The van der Waals surface area contributed by atoms with Crippen molar-refractivity contribution in [3.8, 4) is 0 Å². The van der Waals surface area contributed by atoms with Gasteiger partial charge in [-0.05, 0) is 38.5 Å². The summed E-state index contributed by atoms with van der Waals surface area (Å²) in [4.78, 5) is 46.2. The highest BCUT2D eigenvalue weighted by Gasteiger charge is 2.42. The molecule has 2 fully saturated rings. The van der Waals surface area contributed by atoms with Gasteiger partial charge in [0.2, 0.25) is 17.7 Å². The summed E-state index contributed by atoms with van der Waals surface area (Å²) < 4.78 is 0. The summed E-state index contributed by atoms with van der Waals surface area (Å²) in [7, 11) is 0. The van der Waals surface area contributed by atoms with Gasteiger partial charge in [0.15, 0.2) is 0 Å². The molecule has 0 spiro atoms. The molecular weight excluding hydrogens is 444 g/mol. The SMILES string of the molecule is NNC(=O)CCCCCNC(=O)CCCCCNC(=O)CCCCC1SCC2NC(=O)NC21. The van der Waals surface area contributed by atoms with Crippen molar-refractivity contribution in [1.82, 2.24) is 26.7 Å². The molecule has 0 aromatic heterocycles. The van der Waals surface area contributed by atoms with Gasteiger partial charge in [-0.15, -0.1) is 0 Å². The first-order valence-electron chi connectivity index (χ1n) is 12.2. The predicted octanol–water partition coefficient (Wildman–Crippen LogP) is 1.06. The molecule has 2 aliphatic heterocycles. The maximum absolute atomic E-state index is 12.0. The lowest BCUT2D eigenvalue weighted by Gasteiger charge is -2.16. The number of fused-ring (bicyclic) bond motifs is 1. The molecule has 11 heteroatoms. The number of urea groups is 1. The van der Waals surface area contributed by atoms with Crippen molar-refractivity contribution < 1.29 is 19.2 Å². The minimum absolute atomic E-state index is 0.0541. The van der Waals surface area contributed by atoms with Gasteiger partial charge in [0.05, 0.1) is 12.1 Å². The summed E-state index contributed by atoms with van der Waals surface area (Å²) in [6.07, 6.45) is 9.41. The lowest BCUT2D eigenvalue weighted by Crippen LogP contribution is -2.36. The number of carbonyl (C=O) groups is 4. The van der Waals surface area contributed by atoms with E-state index in [-0.39, 0.29) is 35.8 Å². The van der Waals surface area contributed by atoms with Crippen molar-refractivity contribution in [2.24, 2.45) is 5.84 Å². The van der Waals surface area contributed by atoms with Crippen LogP contribution in [0.1, 0.15) is 77.0 Å². The number of nitrogens with two attached hydrogens (primary N) is 1. The van der Waals surface area contributed by atoms with Crippen LogP contribution in [0.15, 0.2) is 0 Å². The first kappa shape index (κ1) is 27.2. The van der Waals surface area contributed by atoms with Crippen molar-refractivity contribution in [3.63, 3.8) is 0 Å². The molecule has 2 heterocycles. The molecule has 0 aliphatic carbocycles. The molecule has 7 N–H and O–H groups in total. The topological polar surface area (TPSA) is 154 Å². The average Bonchev–Trinajstić information content (AvgIpc) is 3.35. The maximum Gasteiger partial charge on any atom is 0.315 e. The maximum atomic E-state index is 12.0. The number of thioether (sulfide) groups is 1. The van der Waals surface area contributed by atoms with Gasteiger partial charge in [-0.25, -0.2) is 10.6 Å². The van der Waals surface area contributed by atoms with Crippen molar-refractivity contribution in [2.45, 2.75) is 94.4 Å². The molecule has 3 atom stereocenters. The fourth-order valence-corrected chi connectivity index (χ4v) is 5.70. The zero-order valence-electron chi connectivity index (χ0n) is 19.5. The van der Waals surface area contributed by atoms with Crippen LogP contribution in [0.5, 0.6) is 0 Å². The molecule has 2 saturated heterocycles. The van der Waals surface area contributed by atoms with Crippen LogP contribution in [0.4, 0.5) is 4.79 Å². The van der Waals surface area contributed by atoms with Gasteiger partial charge < -0.3 is 21.3 Å². The molecule has 0 saturated carbocycles. The Labute approximate surface area is 200 Å². The van der Waals surface area contributed by atoms with Gasteiger partial charge in [-0.1, -0.05) is 19.3 Å². The lowest BCUT2D eigenvalue weighted by atomic mass is 10.0. The first-order chi connectivity index (χ1) is 16.0. The Kier molecular flexibility index (Phi) is 13.0. The van der Waals surface area contributed by atoms with Crippen LogP contribution in [-0.2, 0) is 14.4 Å². The third-order valence-corrected chi connectivity index (χ3v) is 7.56. The number of nitrogens with one attached hydrogen (secondary N) is 5. The summed E-state index contributed by atoms with van der Waals surface area (Å²) in [5.74, 6) is 5.96. The van der Waals surface area contributed by atoms with Crippen molar-refractivity contribution in [2.75, 3.05) is 18.8 Å². The van der Waals surface area contributed by atoms with Crippen LogP contribution < -0.4 is 32.5 Å². The van der Waals surface area contributed by atoms with Crippen molar-refractivity contribution >= 4 is 35.5 Å². The largest absolute Gasteiger partial charge is 0.356 e. The van der Waals surface area contributed by atoms with E-state index >= 15 is 0 Å². The molecule has 2 aliphatic rings. The fraction of sp³-hybridized carbons (Fsp3) is 0.818. The summed E-state index contributed by atoms with van der Waals surface area (Å²) in [6.45, 7) is 1.28. The van der Waals surface area contributed by atoms with Crippen LogP contribution >= 0.6 is 11.8 Å². The first-order valence-corrected chi connectivity index (χ1v) is 13.3. The third-order valence-electron chi connectivity index (χ3n) is 6.05. The molecule has 33 heavy (non-hydrogen) atoms. The number of carbonyl (C=O) groups excluding carboxylic acids is 4. The van der Waals surface area contributed by atoms with Gasteiger partial charge in [0.1, 0.15) is 0 Å². The van der Waals surface area contributed by atoms with E-state index in [9.17, 15) is 19.2 Å². The highest BCUT2D eigenvalue weighted by molar-refractivity contribution is 8.00. The summed E-state index contributed by atoms with van der Waals surface area (Å²) in [6, 6.07) is 0.428. The Balaban J connectivity index is 1.34. The van der Waals surface area contributed by atoms with Gasteiger partial charge in [0.25, 0.3) is 0 Å². The van der Waals surface area contributed by atoms with Gasteiger partial charge in [-0.3, -0.25) is 19.8 Å². The summed E-state index contributed by atoms with van der Waals surface area (Å²) in [5.41, 5.74) is 2.10. The van der Waals surface area contributed by atoms with Crippen LogP contribution in [-0.4, -0.2) is 59.9 Å². The minimum Gasteiger partial charge on any atom is -0.356 e. The van der Waals surface area contributed by atoms with Crippen LogP contribution in [0, 0.1) is 0 Å². The molecule has 0 radical (unpaired) electrons. The van der Waals surface area contributed by atoms with E-state index in [1.807, 2.05) is 11.8 Å². The number of hydrogen-bond donors (Lipinski definition) is 6. The van der Waals surface area contributed by atoms with Gasteiger partial charge >= 0.3 is 6.03 Å². The van der Waals surface area contributed by atoms with E-state index in [0.717, 1.165) is 63.5 Å². The third kappa shape index (κ3) is 11.1. The predicted molar refractivity (Wildman–Crippen MR) is 129 cm³/mol. The monoisotopic (exact) mass is 484 g/mol. The Morgan fingerprint density at radius 1 is 0.818 bits per heavy atom. The highest BCUT2D eigenvalue weighted by atomic mass is 32.2. The number of unbranched alkanes of at least 4 members (excludes halogenated alkanes) is 5. The van der Waals surface area contributed by atoms with E-state index in [1.165, 1.54) is 0 Å². The van der Waals surface area contributed by atoms with E-state index in [2.05, 4.69) is 26.7 Å². The zero-order valence-corrected chi connectivity index (χ0v) is 20.3. The smallest absolute Gasteiger partial charge is 0.315 e. The van der Waals surface area contributed by atoms with E-state index in [4.69, 9.17) is 5.84 Å². The standard InChI is InChI=1S/C22H40N6O4S/c23-28-20(31)12-4-2-8-14-24-18(29)10-3-1-7-13-25-19(30)11-6-5-9-17-21-16(15-33-17)26-22(32)27-21/h16-17,21H,1-15,23H2,(H,24,29)(H,25,30)(H,28,31)(H2,26,27,32). The van der Waals surface area contributed by atoms with Crippen molar-refractivity contribution in [3.05, 3.63) is 0 Å². The van der Waals surface area contributed by atoms with Crippen LogP contribution in [0.3, 0.4) is 0 Å². The van der Waals surface area contributed by atoms with E-state index in [1.54, 1.807) is 0 Å². The average molecular weight is 485 g/mol. The second-order valence-electron chi connectivity index (χ2n) is 8.76. The summed E-state index contributed by atoms with van der Waals surface area (Å²) in [5, 5.41) is 12.2. The Bertz CT molecular complexity index is 650. The molecule has 0 aromatic carbocycles. The molecule has 0 bridgehead atoms. The molecule has 188 valence electrons. The Morgan fingerprint density at radius 2 is 1.39 bits per heavy atom. The van der Waals surface area contributed by atoms with E-state index < -0.39 is 0 Å². The van der Waals surface area contributed by atoms with Gasteiger partial charge in [0, 0.05) is 43.4 Å². The Morgan fingerprint density at radius 3 is 2.00 bits per heavy atom. The second-order valence-corrected chi connectivity index (χ2v) is 10.0. The van der Waals surface area contributed by atoms with Gasteiger partial charge in [-0.2, -0.15) is 11.8 Å². The number of amides is 5. The number of rotatable bonds is 17. The van der Waals surface area contributed by atoms with E-state index in [0.29, 0.717) is 37.6 Å². The quantitative estimate of drug-likeness (QED) is 0.0596. The molecule has 2 rings (SSSR count). The van der Waals surface area contributed by atoms with Crippen LogP contribution in [0.2, 0.25) is 0 Å². The van der Waals surface area contributed by atoms with Crippen LogP contribution in [0.25, 0.3) is 0 Å². The lowest BCUT2D eigenvalue weighted by molar-refractivity contribution is -0.122. The number of hydrogen-bond acceptors (Lipinski definition) is 6. The molecular formula is C22H40N6O4S. The minimum atomic E-state index is -0.161. The second kappa shape index (κ2) is 15.8. The number of hydrazine groups is 1. The summed E-state index contributed by atoms with van der Waals surface area (Å²) >= 11 is 1.90. The fourth-order valence-electron chi connectivity index (χ4n) is 4.15. The molecule has 3 unspecified atom stereocenters. The molecule has 0 aromatic rings.